The van der Waals surface area contributed by atoms with Gasteiger partial charge in [0.1, 0.15) is 0 Å². The lowest BCUT2D eigenvalue weighted by molar-refractivity contribution is 0.308. The highest BCUT2D eigenvalue weighted by Crippen LogP contribution is 2.69. The highest BCUT2D eigenvalue weighted by atomic mass is 14.6. The largest absolute Gasteiger partial charge is 0.0654 e. The molecule has 1 fully saturated rings. The molecule has 72 valence electrons. The van der Waals surface area contributed by atoms with Crippen LogP contribution in [0.25, 0.3) is 0 Å². The summed E-state index contributed by atoms with van der Waals surface area (Å²) in [7, 11) is 0. The van der Waals surface area contributed by atoms with E-state index in [1.165, 1.54) is 38.5 Å². The van der Waals surface area contributed by atoms with Gasteiger partial charge in [0.25, 0.3) is 0 Å². The van der Waals surface area contributed by atoms with Crippen LogP contribution in [0, 0.1) is 10.8 Å². The summed E-state index contributed by atoms with van der Waals surface area (Å²) in [5.74, 6) is 0. The summed E-state index contributed by atoms with van der Waals surface area (Å²) in [6.07, 6.45) is 8.55. The third-order valence-corrected chi connectivity index (χ3v) is 4.35. The van der Waals surface area contributed by atoms with E-state index in [2.05, 4.69) is 27.7 Å². The van der Waals surface area contributed by atoms with Gasteiger partial charge in [0.05, 0.1) is 0 Å². The second-order valence-electron chi connectivity index (χ2n) is 4.83. The smallest absolute Gasteiger partial charge is 0.0241 e. The normalized spacial score (nSPS) is 40.0. The molecule has 0 spiro atoms. The Kier molecular flexibility index (Phi) is 2.85. The van der Waals surface area contributed by atoms with Gasteiger partial charge in [0.15, 0.2) is 0 Å². The second-order valence-corrected chi connectivity index (χ2v) is 4.83. The van der Waals surface area contributed by atoms with Gasteiger partial charge in [-0.05, 0) is 30.1 Å². The number of hydrogen-bond acceptors (Lipinski definition) is 0. The van der Waals surface area contributed by atoms with Gasteiger partial charge >= 0.3 is 0 Å². The Morgan fingerprint density at radius 2 is 1.75 bits per heavy atom. The molecule has 0 bridgehead atoms. The van der Waals surface area contributed by atoms with Crippen molar-refractivity contribution in [3.8, 4) is 0 Å². The summed E-state index contributed by atoms with van der Waals surface area (Å²) in [6.45, 7) is 9.50. The van der Waals surface area contributed by atoms with Crippen molar-refractivity contribution in [3.63, 3.8) is 0 Å². The van der Waals surface area contributed by atoms with Crippen LogP contribution in [-0.2, 0) is 0 Å². The van der Waals surface area contributed by atoms with Crippen LogP contribution < -0.4 is 0 Å². The van der Waals surface area contributed by atoms with Crippen LogP contribution in [0.1, 0.15) is 66.2 Å². The first-order chi connectivity index (χ1) is 5.64. The Balaban J connectivity index is 2.46. The maximum atomic E-state index is 2.48. The molecule has 0 saturated heterocycles. The Labute approximate surface area is 77.7 Å². The Bertz CT molecular complexity index is 150. The molecule has 0 aromatic rings. The molecule has 1 rings (SSSR count). The Morgan fingerprint density at radius 1 is 1.08 bits per heavy atom. The molecule has 2 unspecified atom stereocenters. The molecule has 0 aromatic carbocycles. The molecule has 0 nitrogen and oxygen atoms in total. The van der Waals surface area contributed by atoms with Crippen molar-refractivity contribution in [2.24, 2.45) is 10.8 Å². The average Bonchev–Trinajstić information content (AvgIpc) is 2.70. The van der Waals surface area contributed by atoms with E-state index in [1.54, 1.807) is 0 Å². The van der Waals surface area contributed by atoms with Crippen molar-refractivity contribution in [1.82, 2.24) is 0 Å². The monoisotopic (exact) mass is 168 g/mol. The lowest BCUT2D eigenvalue weighted by Gasteiger charge is -2.20. The van der Waals surface area contributed by atoms with Crippen molar-refractivity contribution < 1.29 is 0 Å². The van der Waals surface area contributed by atoms with Gasteiger partial charge in [-0.1, -0.05) is 47.0 Å². The molecule has 0 heterocycles. The summed E-state index contributed by atoms with van der Waals surface area (Å²) >= 11 is 0. The predicted molar refractivity (Wildman–Crippen MR) is 55.3 cm³/mol. The SMILES string of the molecule is CCCCC1(CC)CC1(C)CC. The van der Waals surface area contributed by atoms with E-state index in [-0.39, 0.29) is 0 Å². The van der Waals surface area contributed by atoms with Crippen molar-refractivity contribution >= 4 is 0 Å². The molecule has 0 radical (unpaired) electrons. The number of hydrogen-bond donors (Lipinski definition) is 0. The van der Waals surface area contributed by atoms with Crippen LogP contribution in [0.3, 0.4) is 0 Å². The third kappa shape index (κ3) is 1.41. The van der Waals surface area contributed by atoms with Gasteiger partial charge in [0, 0.05) is 0 Å². The van der Waals surface area contributed by atoms with E-state index >= 15 is 0 Å². The van der Waals surface area contributed by atoms with E-state index in [0.717, 1.165) is 5.41 Å². The molecule has 0 amide bonds. The number of unbranched alkanes of at least 4 members (excludes halogenated alkanes) is 1. The molecule has 1 aliphatic rings. The lowest BCUT2D eigenvalue weighted by atomic mass is 9.85. The fraction of sp³-hybridized carbons (Fsp3) is 1.00. The highest BCUT2D eigenvalue weighted by Gasteiger charge is 2.60. The predicted octanol–water partition coefficient (Wildman–Crippen LogP) is 4.39. The van der Waals surface area contributed by atoms with E-state index in [1.807, 2.05) is 0 Å². The molecule has 1 saturated carbocycles. The summed E-state index contributed by atoms with van der Waals surface area (Å²) in [6, 6.07) is 0. The standard InChI is InChI=1S/C12H24/c1-5-8-9-12(7-3)10-11(12,4)6-2/h5-10H2,1-4H3. The summed E-state index contributed by atoms with van der Waals surface area (Å²) < 4.78 is 0. The van der Waals surface area contributed by atoms with Crippen LogP contribution in [0.2, 0.25) is 0 Å². The van der Waals surface area contributed by atoms with Crippen LogP contribution in [0.15, 0.2) is 0 Å². The average molecular weight is 168 g/mol. The highest BCUT2D eigenvalue weighted by molar-refractivity contribution is 5.09. The van der Waals surface area contributed by atoms with Gasteiger partial charge in [0.2, 0.25) is 0 Å². The lowest BCUT2D eigenvalue weighted by Crippen LogP contribution is -2.09. The zero-order valence-electron chi connectivity index (χ0n) is 9.24. The van der Waals surface area contributed by atoms with E-state index in [9.17, 15) is 0 Å². The summed E-state index contributed by atoms with van der Waals surface area (Å²) in [5, 5.41) is 0. The minimum Gasteiger partial charge on any atom is -0.0654 e. The van der Waals surface area contributed by atoms with Crippen LogP contribution >= 0.6 is 0 Å². The summed E-state index contributed by atoms with van der Waals surface area (Å²) in [5.41, 5.74) is 1.45. The molecule has 0 aliphatic heterocycles. The maximum absolute atomic E-state index is 2.48. The zero-order valence-corrected chi connectivity index (χ0v) is 9.24. The van der Waals surface area contributed by atoms with Gasteiger partial charge in [-0.3, -0.25) is 0 Å². The van der Waals surface area contributed by atoms with Crippen molar-refractivity contribution in [2.45, 2.75) is 66.2 Å². The molecule has 0 N–H and O–H groups in total. The Morgan fingerprint density at radius 3 is 2.08 bits per heavy atom. The Hall–Kier alpha value is 0. The van der Waals surface area contributed by atoms with Crippen LogP contribution in [0.4, 0.5) is 0 Å². The maximum Gasteiger partial charge on any atom is -0.0241 e. The van der Waals surface area contributed by atoms with E-state index < -0.39 is 0 Å². The molecule has 0 heteroatoms. The van der Waals surface area contributed by atoms with Crippen LogP contribution in [0.5, 0.6) is 0 Å². The fourth-order valence-corrected chi connectivity index (χ4v) is 2.84. The first-order valence-corrected chi connectivity index (χ1v) is 5.64. The van der Waals surface area contributed by atoms with E-state index in [0.29, 0.717) is 5.41 Å². The molecule has 12 heavy (non-hydrogen) atoms. The second kappa shape index (κ2) is 3.40. The first-order valence-electron chi connectivity index (χ1n) is 5.64. The van der Waals surface area contributed by atoms with Crippen LogP contribution in [-0.4, -0.2) is 0 Å². The zero-order chi connectivity index (χ0) is 9.24. The van der Waals surface area contributed by atoms with Gasteiger partial charge in [-0.25, -0.2) is 0 Å². The van der Waals surface area contributed by atoms with Gasteiger partial charge in [-0.15, -0.1) is 0 Å². The minimum absolute atomic E-state index is 0.705. The van der Waals surface area contributed by atoms with Crippen molar-refractivity contribution in [2.75, 3.05) is 0 Å². The topological polar surface area (TPSA) is 0 Å². The molecular weight excluding hydrogens is 144 g/mol. The number of rotatable bonds is 5. The molecule has 2 atom stereocenters. The quantitative estimate of drug-likeness (QED) is 0.571. The first kappa shape index (κ1) is 10.1. The molecule has 1 aliphatic carbocycles. The summed E-state index contributed by atoms with van der Waals surface area (Å²) in [4.78, 5) is 0. The fourth-order valence-electron chi connectivity index (χ4n) is 2.84. The van der Waals surface area contributed by atoms with Crippen molar-refractivity contribution in [3.05, 3.63) is 0 Å². The van der Waals surface area contributed by atoms with Crippen molar-refractivity contribution in [1.29, 1.82) is 0 Å². The van der Waals surface area contributed by atoms with E-state index in [4.69, 9.17) is 0 Å². The third-order valence-electron chi connectivity index (χ3n) is 4.35. The molecular formula is C12H24. The molecule has 0 aromatic heterocycles. The minimum atomic E-state index is 0.705. The van der Waals surface area contributed by atoms with Gasteiger partial charge in [-0.2, -0.15) is 0 Å². The van der Waals surface area contributed by atoms with Gasteiger partial charge < -0.3 is 0 Å².